The third kappa shape index (κ3) is 2.38. The van der Waals surface area contributed by atoms with E-state index < -0.39 is 0 Å². The summed E-state index contributed by atoms with van der Waals surface area (Å²) in [7, 11) is 1.82. The molecule has 0 amide bonds. The molecule has 0 bridgehead atoms. The van der Waals surface area contributed by atoms with Gasteiger partial charge in [-0.1, -0.05) is 31.9 Å². The number of benzene rings is 1. The summed E-state index contributed by atoms with van der Waals surface area (Å²) in [5.74, 6) is 0. The van der Waals surface area contributed by atoms with Crippen molar-refractivity contribution in [2.75, 3.05) is 0 Å². The van der Waals surface area contributed by atoms with E-state index in [1.165, 1.54) is 0 Å². The highest BCUT2D eigenvalue weighted by Crippen LogP contribution is 2.09. The SMILES string of the molecule is CCCCCc1nc2ccccc2n(C)c1=O. The summed E-state index contributed by atoms with van der Waals surface area (Å²) in [6.45, 7) is 2.16. The highest BCUT2D eigenvalue weighted by Gasteiger charge is 2.07. The first-order valence-corrected chi connectivity index (χ1v) is 6.18. The van der Waals surface area contributed by atoms with Gasteiger partial charge in [-0.05, 0) is 25.0 Å². The minimum Gasteiger partial charge on any atom is -0.308 e. The molecule has 1 aromatic carbocycles. The maximum absolute atomic E-state index is 12.1. The molecule has 1 aromatic heterocycles. The van der Waals surface area contributed by atoms with Crippen LogP contribution in [0.15, 0.2) is 29.1 Å². The molecule has 3 nitrogen and oxygen atoms in total. The monoisotopic (exact) mass is 230 g/mol. The predicted octanol–water partition coefficient (Wildman–Crippen LogP) is 2.67. The third-order valence-corrected chi connectivity index (χ3v) is 3.07. The van der Waals surface area contributed by atoms with Gasteiger partial charge in [0.15, 0.2) is 0 Å². The second kappa shape index (κ2) is 5.13. The molecule has 1 heterocycles. The molecule has 0 saturated heterocycles. The van der Waals surface area contributed by atoms with E-state index in [9.17, 15) is 4.79 Å². The Bertz CT molecular complexity index is 572. The number of rotatable bonds is 4. The predicted molar refractivity (Wildman–Crippen MR) is 70.2 cm³/mol. The van der Waals surface area contributed by atoms with Gasteiger partial charge in [0.25, 0.3) is 5.56 Å². The molecule has 0 unspecified atom stereocenters. The van der Waals surface area contributed by atoms with Crippen LogP contribution in [0.3, 0.4) is 0 Å². The molecule has 0 aliphatic carbocycles. The Labute approximate surface area is 101 Å². The van der Waals surface area contributed by atoms with E-state index in [1.807, 2.05) is 31.3 Å². The number of hydrogen-bond donors (Lipinski definition) is 0. The lowest BCUT2D eigenvalue weighted by Crippen LogP contribution is -2.23. The van der Waals surface area contributed by atoms with E-state index in [1.54, 1.807) is 4.57 Å². The molecule has 0 spiro atoms. The molecule has 0 saturated carbocycles. The van der Waals surface area contributed by atoms with E-state index in [0.29, 0.717) is 5.69 Å². The number of para-hydroxylation sites is 2. The lowest BCUT2D eigenvalue weighted by Gasteiger charge is -2.07. The maximum atomic E-state index is 12.1. The third-order valence-electron chi connectivity index (χ3n) is 3.07. The minimum atomic E-state index is 0.0415. The summed E-state index contributed by atoms with van der Waals surface area (Å²) in [6.07, 6.45) is 4.13. The van der Waals surface area contributed by atoms with Crippen molar-refractivity contribution in [3.8, 4) is 0 Å². The summed E-state index contributed by atoms with van der Waals surface area (Å²) in [5.41, 5.74) is 2.54. The highest BCUT2D eigenvalue weighted by atomic mass is 16.1. The summed E-state index contributed by atoms with van der Waals surface area (Å²) in [4.78, 5) is 16.6. The molecule has 0 N–H and O–H groups in total. The number of fused-ring (bicyclic) bond motifs is 1. The zero-order valence-corrected chi connectivity index (χ0v) is 10.4. The first-order valence-electron chi connectivity index (χ1n) is 6.18. The van der Waals surface area contributed by atoms with Crippen LogP contribution in [-0.4, -0.2) is 9.55 Å². The van der Waals surface area contributed by atoms with Crippen LogP contribution in [0.2, 0.25) is 0 Å². The van der Waals surface area contributed by atoms with Crippen LogP contribution in [0.4, 0.5) is 0 Å². The number of unbranched alkanes of at least 4 members (excludes halogenated alkanes) is 2. The summed E-state index contributed by atoms with van der Waals surface area (Å²) in [6, 6.07) is 7.77. The molecule has 2 rings (SSSR count). The number of aryl methyl sites for hydroxylation is 2. The van der Waals surface area contributed by atoms with Crippen LogP contribution >= 0.6 is 0 Å². The van der Waals surface area contributed by atoms with Crippen molar-refractivity contribution in [2.45, 2.75) is 32.6 Å². The van der Waals surface area contributed by atoms with Gasteiger partial charge < -0.3 is 4.57 Å². The quantitative estimate of drug-likeness (QED) is 0.757. The number of aromatic nitrogens is 2. The lowest BCUT2D eigenvalue weighted by molar-refractivity contribution is 0.695. The van der Waals surface area contributed by atoms with Crippen LogP contribution in [0.5, 0.6) is 0 Å². The van der Waals surface area contributed by atoms with E-state index in [0.717, 1.165) is 36.7 Å². The molecule has 0 fully saturated rings. The Morgan fingerprint density at radius 2 is 2.00 bits per heavy atom. The molecule has 0 radical (unpaired) electrons. The van der Waals surface area contributed by atoms with Crippen molar-refractivity contribution in [3.63, 3.8) is 0 Å². The second-order valence-corrected chi connectivity index (χ2v) is 4.37. The Morgan fingerprint density at radius 3 is 2.76 bits per heavy atom. The first-order chi connectivity index (χ1) is 8.24. The van der Waals surface area contributed by atoms with Gasteiger partial charge in [0.1, 0.15) is 5.69 Å². The Hall–Kier alpha value is -1.64. The smallest absolute Gasteiger partial charge is 0.272 e. The zero-order valence-electron chi connectivity index (χ0n) is 10.4. The van der Waals surface area contributed by atoms with Crippen molar-refractivity contribution in [1.29, 1.82) is 0 Å². The fraction of sp³-hybridized carbons (Fsp3) is 0.429. The molecule has 0 atom stereocenters. The topological polar surface area (TPSA) is 34.9 Å². The van der Waals surface area contributed by atoms with E-state index in [2.05, 4.69) is 11.9 Å². The number of nitrogens with zero attached hydrogens (tertiary/aromatic N) is 2. The molecule has 3 heteroatoms. The van der Waals surface area contributed by atoms with Gasteiger partial charge in [0.05, 0.1) is 11.0 Å². The van der Waals surface area contributed by atoms with Crippen LogP contribution in [0, 0.1) is 0 Å². The molecular weight excluding hydrogens is 212 g/mol. The van der Waals surface area contributed by atoms with Gasteiger partial charge in [-0.25, -0.2) is 4.98 Å². The Morgan fingerprint density at radius 1 is 1.24 bits per heavy atom. The van der Waals surface area contributed by atoms with Crippen LogP contribution < -0.4 is 5.56 Å². The van der Waals surface area contributed by atoms with E-state index >= 15 is 0 Å². The standard InChI is InChI=1S/C14H18N2O/c1-3-4-5-9-12-14(17)16(2)13-10-7-6-8-11(13)15-12/h6-8,10H,3-5,9H2,1-2H3. The molecule has 2 aromatic rings. The Kier molecular flexibility index (Phi) is 3.57. The summed E-state index contributed by atoms with van der Waals surface area (Å²) >= 11 is 0. The minimum absolute atomic E-state index is 0.0415. The van der Waals surface area contributed by atoms with Crippen molar-refractivity contribution >= 4 is 11.0 Å². The fourth-order valence-corrected chi connectivity index (χ4v) is 2.04. The van der Waals surface area contributed by atoms with Gasteiger partial charge in [-0.15, -0.1) is 0 Å². The Balaban J connectivity index is 2.43. The molecule has 90 valence electrons. The van der Waals surface area contributed by atoms with Crippen LogP contribution in [0.1, 0.15) is 31.9 Å². The van der Waals surface area contributed by atoms with Crippen LogP contribution in [-0.2, 0) is 13.5 Å². The molecule has 0 aliphatic heterocycles. The van der Waals surface area contributed by atoms with Crippen molar-refractivity contribution in [1.82, 2.24) is 9.55 Å². The second-order valence-electron chi connectivity index (χ2n) is 4.37. The maximum Gasteiger partial charge on any atom is 0.272 e. The molecule has 0 aliphatic rings. The van der Waals surface area contributed by atoms with E-state index in [4.69, 9.17) is 0 Å². The first kappa shape index (κ1) is 11.8. The largest absolute Gasteiger partial charge is 0.308 e. The highest BCUT2D eigenvalue weighted by molar-refractivity contribution is 5.74. The average molecular weight is 230 g/mol. The van der Waals surface area contributed by atoms with Gasteiger partial charge >= 0.3 is 0 Å². The van der Waals surface area contributed by atoms with Gasteiger partial charge in [-0.3, -0.25) is 4.79 Å². The lowest BCUT2D eigenvalue weighted by atomic mass is 10.1. The van der Waals surface area contributed by atoms with Crippen molar-refractivity contribution in [2.24, 2.45) is 7.05 Å². The summed E-state index contributed by atoms with van der Waals surface area (Å²) < 4.78 is 1.70. The molecule has 17 heavy (non-hydrogen) atoms. The van der Waals surface area contributed by atoms with Crippen molar-refractivity contribution in [3.05, 3.63) is 40.3 Å². The van der Waals surface area contributed by atoms with Gasteiger partial charge in [-0.2, -0.15) is 0 Å². The number of hydrogen-bond acceptors (Lipinski definition) is 2. The van der Waals surface area contributed by atoms with Gasteiger partial charge in [0, 0.05) is 7.05 Å². The molecular formula is C14H18N2O. The summed E-state index contributed by atoms with van der Waals surface area (Å²) in [5, 5.41) is 0. The fourth-order valence-electron chi connectivity index (χ4n) is 2.04. The van der Waals surface area contributed by atoms with E-state index in [-0.39, 0.29) is 5.56 Å². The average Bonchev–Trinajstić information content (AvgIpc) is 2.35. The zero-order chi connectivity index (χ0) is 12.3. The van der Waals surface area contributed by atoms with Gasteiger partial charge in [0.2, 0.25) is 0 Å². The van der Waals surface area contributed by atoms with Crippen LogP contribution in [0.25, 0.3) is 11.0 Å². The normalized spacial score (nSPS) is 10.9. The van der Waals surface area contributed by atoms with Crippen molar-refractivity contribution < 1.29 is 0 Å².